The largest absolute Gasteiger partial charge is 0.350 e. The zero-order chi connectivity index (χ0) is 22.5. The summed E-state index contributed by atoms with van der Waals surface area (Å²) in [7, 11) is 0. The number of hydrogen-bond donors (Lipinski definition) is 2. The van der Waals surface area contributed by atoms with Crippen LogP contribution < -0.4 is 10.6 Å². The molecule has 2 unspecified atom stereocenters. The number of amides is 2. The van der Waals surface area contributed by atoms with Gasteiger partial charge in [-0.25, -0.2) is 0 Å². The molecule has 1 heterocycles. The summed E-state index contributed by atoms with van der Waals surface area (Å²) in [5, 5.41) is 5.73. The normalized spacial score (nSPS) is 20.6. The molecule has 2 atom stereocenters. The highest BCUT2D eigenvalue weighted by Gasteiger charge is 2.22. The van der Waals surface area contributed by atoms with Crippen LogP contribution in [-0.4, -0.2) is 36.3 Å². The van der Waals surface area contributed by atoms with E-state index in [-0.39, 0.29) is 18.4 Å². The van der Waals surface area contributed by atoms with Gasteiger partial charge < -0.3 is 10.6 Å². The number of fused-ring (bicyclic) bond motifs is 1. The van der Waals surface area contributed by atoms with E-state index < -0.39 is 0 Å². The Morgan fingerprint density at radius 1 is 0.938 bits per heavy atom. The van der Waals surface area contributed by atoms with Crippen molar-refractivity contribution in [2.75, 3.05) is 19.6 Å². The quantitative estimate of drug-likeness (QED) is 0.700. The average molecular weight is 434 g/mol. The van der Waals surface area contributed by atoms with Gasteiger partial charge in [0.05, 0.1) is 6.54 Å². The minimum atomic E-state index is -0.191. The molecule has 1 fully saturated rings. The third-order valence-electron chi connectivity index (χ3n) is 6.70. The fourth-order valence-electron chi connectivity index (χ4n) is 5.28. The molecule has 0 spiro atoms. The first-order chi connectivity index (χ1) is 15.5. The first kappa shape index (κ1) is 22.5. The first-order valence-electron chi connectivity index (χ1n) is 11.9. The average Bonchev–Trinajstić information content (AvgIpc) is 3.24. The number of nitrogens with zero attached hydrogens (tertiary/aromatic N) is 1. The minimum absolute atomic E-state index is 0.0146. The van der Waals surface area contributed by atoms with Crippen molar-refractivity contribution in [2.24, 2.45) is 11.8 Å². The standard InChI is InChI=1S/C27H35N3O2/c1-19-12-20(2)17-30(16-19)18-25-7-4-3-6-24(25)14-28-26(31)15-29-27(32)23-11-10-21-8-5-9-22(21)13-23/h3-4,6-7,10-11,13,19-20H,5,8-9,12,14-18H2,1-2H3,(H,28,31)(H,29,32). The Morgan fingerprint density at radius 2 is 1.66 bits per heavy atom. The van der Waals surface area contributed by atoms with Gasteiger partial charge in [0, 0.05) is 31.7 Å². The van der Waals surface area contributed by atoms with E-state index in [4.69, 9.17) is 0 Å². The molecule has 5 nitrogen and oxygen atoms in total. The van der Waals surface area contributed by atoms with Gasteiger partial charge in [-0.2, -0.15) is 0 Å². The predicted octanol–water partition coefficient (Wildman–Crippen LogP) is 3.70. The topological polar surface area (TPSA) is 61.4 Å². The first-order valence-corrected chi connectivity index (χ1v) is 11.9. The Bertz CT molecular complexity index is 961. The summed E-state index contributed by atoms with van der Waals surface area (Å²) in [6.07, 6.45) is 4.58. The SMILES string of the molecule is CC1CC(C)CN(Cc2ccccc2CNC(=O)CNC(=O)c2ccc3c(c2)CCC3)C1. The highest BCUT2D eigenvalue weighted by molar-refractivity contribution is 5.96. The van der Waals surface area contributed by atoms with Crippen LogP contribution in [0.25, 0.3) is 0 Å². The Balaban J connectivity index is 1.27. The van der Waals surface area contributed by atoms with Crippen molar-refractivity contribution in [1.82, 2.24) is 15.5 Å². The highest BCUT2D eigenvalue weighted by atomic mass is 16.2. The zero-order valence-electron chi connectivity index (χ0n) is 19.3. The van der Waals surface area contributed by atoms with Crippen molar-refractivity contribution in [2.45, 2.75) is 52.6 Å². The maximum absolute atomic E-state index is 12.5. The lowest BCUT2D eigenvalue weighted by molar-refractivity contribution is -0.120. The number of carbonyl (C=O) groups is 2. The molecular formula is C27H35N3O2. The van der Waals surface area contributed by atoms with Crippen LogP contribution in [-0.2, 0) is 30.7 Å². The molecule has 170 valence electrons. The van der Waals surface area contributed by atoms with Crippen LogP contribution in [0.1, 0.15) is 59.3 Å². The molecule has 2 N–H and O–H groups in total. The molecule has 2 aliphatic rings. The molecular weight excluding hydrogens is 398 g/mol. The van der Waals surface area contributed by atoms with Crippen molar-refractivity contribution >= 4 is 11.8 Å². The third kappa shape index (κ3) is 5.77. The minimum Gasteiger partial charge on any atom is -0.350 e. The monoisotopic (exact) mass is 433 g/mol. The summed E-state index contributed by atoms with van der Waals surface area (Å²) in [5.41, 5.74) is 5.63. The molecule has 1 aliphatic carbocycles. The van der Waals surface area contributed by atoms with Crippen molar-refractivity contribution < 1.29 is 9.59 Å². The molecule has 2 aromatic carbocycles. The van der Waals surface area contributed by atoms with E-state index in [9.17, 15) is 9.59 Å². The van der Waals surface area contributed by atoms with Crippen LogP contribution in [0.4, 0.5) is 0 Å². The number of hydrogen-bond acceptors (Lipinski definition) is 3. The fourth-order valence-corrected chi connectivity index (χ4v) is 5.28. The molecule has 0 saturated carbocycles. The van der Waals surface area contributed by atoms with Gasteiger partial charge in [0.25, 0.3) is 5.91 Å². The maximum Gasteiger partial charge on any atom is 0.251 e. The number of benzene rings is 2. The Labute approximate surface area is 191 Å². The maximum atomic E-state index is 12.5. The Kier molecular flexibility index (Phi) is 7.26. The van der Waals surface area contributed by atoms with Gasteiger partial charge in [-0.1, -0.05) is 44.2 Å². The molecule has 2 amide bonds. The number of nitrogens with one attached hydrogen (secondary N) is 2. The molecule has 0 radical (unpaired) electrons. The van der Waals surface area contributed by atoms with E-state index in [1.807, 2.05) is 24.3 Å². The van der Waals surface area contributed by atoms with Crippen LogP contribution >= 0.6 is 0 Å². The van der Waals surface area contributed by atoms with E-state index >= 15 is 0 Å². The molecule has 1 saturated heterocycles. The molecule has 0 aromatic heterocycles. The Morgan fingerprint density at radius 3 is 2.44 bits per heavy atom. The molecule has 32 heavy (non-hydrogen) atoms. The summed E-state index contributed by atoms with van der Waals surface area (Å²) in [6, 6.07) is 14.2. The summed E-state index contributed by atoms with van der Waals surface area (Å²) in [5.74, 6) is 1.08. The molecule has 2 aromatic rings. The van der Waals surface area contributed by atoms with E-state index in [0.29, 0.717) is 12.1 Å². The van der Waals surface area contributed by atoms with Gasteiger partial charge in [-0.3, -0.25) is 14.5 Å². The number of aryl methyl sites for hydroxylation is 2. The lowest BCUT2D eigenvalue weighted by Gasteiger charge is -2.35. The number of piperidine rings is 1. The van der Waals surface area contributed by atoms with Gasteiger partial charge in [-0.05, 0) is 71.9 Å². The molecule has 5 heteroatoms. The van der Waals surface area contributed by atoms with E-state index in [1.54, 1.807) is 0 Å². The second kappa shape index (κ2) is 10.3. The highest BCUT2D eigenvalue weighted by Crippen LogP contribution is 2.24. The molecule has 1 aliphatic heterocycles. The zero-order valence-corrected chi connectivity index (χ0v) is 19.3. The van der Waals surface area contributed by atoms with Crippen LogP contribution in [0.15, 0.2) is 42.5 Å². The van der Waals surface area contributed by atoms with Gasteiger partial charge in [0.1, 0.15) is 0 Å². The van der Waals surface area contributed by atoms with Gasteiger partial charge in [-0.15, -0.1) is 0 Å². The smallest absolute Gasteiger partial charge is 0.251 e. The van der Waals surface area contributed by atoms with E-state index in [0.717, 1.165) is 56.3 Å². The third-order valence-corrected chi connectivity index (χ3v) is 6.70. The lowest BCUT2D eigenvalue weighted by Crippen LogP contribution is -2.39. The number of likely N-dealkylation sites (tertiary alicyclic amines) is 1. The van der Waals surface area contributed by atoms with Gasteiger partial charge >= 0.3 is 0 Å². The van der Waals surface area contributed by atoms with Gasteiger partial charge in [0.15, 0.2) is 0 Å². The fraction of sp³-hybridized carbons (Fsp3) is 0.481. The summed E-state index contributed by atoms with van der Waals surface area (Å²) in [6.45, 7) is 8.27. The second-order valence-electron chi connectivity index (χ2n) is 9.71. The number of carbonyl (C=O) groups excluding carboxylic acids is 2. The lowest BCUT2D eigenvalue weighted by atomic mass is 9.91. The molecule has 0 bridgehead atoms. The van der Waals surface area contributed by atoms with Crippen molar-refractivity contribution in [1.29, 1.82) is 0 Å². The second-order valence-corrected chi connectivity index (χ2v) is 9.71. The van der Waals surface area contributed by atoms with Crippen LogP contribution in [0, 0.1) is 11.8 Å². The predicted molar refractivity (Wildman–Crippen MR) is 127 cm³/mol. The number of rotatable bonds is 7. The van der Waals surface area contributed by atoms with Crippen molar-refractivity contribution in [3.8, 4) is 0 Å². The van der Waals surface area contributed by atoms with Gasteiger partial charge in [0.2, 0.25) is 5.91 Å². The van der Waals surface area contributed by atoms with Crippen molar-refractivity contribution in [3.63, 3.8) is 0 Å². The molecule has 4 rings (SSSR count). The van der Waals surface area contributed by atoms with Crippen LogP contribution in [0.2, 0.25) is 0 Å². The van der Waals surface area contributed by atoms with E-state index in [2.05, 4.69) is 47.6 Å². The summed E-state index contributed by atoms with van der Waals surface area (Å²) < 4.78 is 0. The summed E-state index contributed by atoms with van der Waals surface area (Å²) in [4.78, 5) is 27.4. The summed E-state index contributed by atoms with van der Waals surface area (Å²) >= 11 is 0. The van der Waals surface area contributed by atoms with Crippen LogP contribution in [0.5, 0.6) is 0 Å². The Hall–Kier alpha value is -2.66. The van der Waals surface area contributed by atoms with E-state index in [1.165, 1.54) is 23.1 Å². The van der Waals surface area contributed by atoms with Crippen molar-refractivity contribution in [3.05, 3.63) is 70.3 Å². The van der Waals surface area contributed by atoms with Crippen LogP contribution in [0.3, 0.4) is 0 Å².